The van der Waals surface area contributed by atoms with Crippen molar-refractivity contribution in [2.75, 3.05) is 32.0 Å². The minimum absolute atomic E-state index is 0. The Kier molecular flexibility index (Phi) is 11.9. The first-order chi connectivity index (χ1) is 13.2. The van der Waals surface area contributed by atoms with Gasteiger partial charge in [-0.25, -0.2) is 9.37 Å². The smallest absolute Gasteiger partial charge is 0.191 e. The van der Waals surface area contributed by atoms with Gasteiger partial charge in [0.05, 0.1) is 6.54 Å². The molecule has 0 amide bonds. The highest BCUT2D eigenvalue weighted by atomic mass is 127. The van der Waals surface area contributed by atoms with Gasteiger partial charge in [-0.3, -0.25) is 4.99 Å². The van der Waals surface area contributed by atoms with E-state index in [0.717, 1.165) is 31.7 Å². The molecular formula is C20H29FIN5O. The predicted molar refractivity (Wildman–Crippen MR) is 123 cm³/mol. The SMILES string of the molecule is CN=C(NCCCCNc1ccccn1)NCC(C)Oc1ccccc1F.I. The predicted octanol–water partition coefficient (Wildman–Crippen LogP) is 3.66. The molecule has 0 spiro atoms. The van der Waals surface area contributed by atoms with Crippen LogP contribution in [-0.4, -0.2) is 43.7 Å². The minimum Gasteiger partial charge on any atom is -0.486 e. The van der Waals surface area contributed by atoms with Crippen LogP contribution in [0.25, 0.3) is 0 Å². The third kappa shape index (κ3) is 9.20. The summed E-state index contributed by atoms with van der Waals surface area (Å²) in [6, 6.07) is 12.2. The van der Waals surface area contributed by atoms with E-state index in [1.807, 2.05) is 25.1 Å². The summed E-state index contributed by atoms with van der Waals surface area (Å²) < 4.78 is 19.2. The number of guanidine groups is 1. The first kappa shape index (κ1) is 23.9. The molecule has 1 aromatic carbocycles. The van der Waals surface area contributed by atoms with Crippen molar-refractivity contribution in [2.45, 2.75) is 25.9 Å². The Balaban J connectivity index is 0.00000392. The molecule has 154 valence electrons. The fourth-order valence-corrected chi connectivity index (χ4v) is 2.40. The minimum atomic E-state index is -0.355. The van der Waals surface area contributed by atoms with Crippen molar-refractivity contribution in [1.29, 1.82) is 0 Å². The van der Waals surface area contributed by atoms with Crippen LogP contribution in [0.5, 0.6) is 5.75 Å². The molecule has 0 aliphatic rings. The Morgan fingerprint density at radius 2 is 1.86 bits per heavy atom. The van der Waals surface area contributed by atoms with Gasteiger partial charge in [0.2, 0.25) is 0 Å². The number of halogens is 2. The Morgan fingerprint density at radius 3 is 2.57 bits per heavy atom. The number of nitrogens with zero attached hydrogens (tertiary/aromatic N) is 2. The summed E-state index contributed by atoms with van der Waals surface area (Å²) in [6.07, 6.45) is 3.61. The van der Waals surface area contributed by atoms with Gasteiger partial charge < -0.3 is 20.7 Å². The van der Waals surface area contributed by atoms with Gasteiger partial charge in [-0.15, -0.1) is 24.0 Å². The van der Waals surface area contributed by atoms with Crippen LogP contribution in [0.4, 0.5) is 10.2 Å². The zero-order valence-corrected chi connectivity index (χ0v) is 18.7. The van der Waals surface area contributed by atoms with E-state index in [2.05, 4.69) is 25.9 Å². The molecule has 1 unspecified atom stereocenters. The van der Waals surface area contributed by atoms with E-state index in [1.54, 1.807) is 31.4 Å². The van der Waals surface area contributed by atoms with Crippen molar-refractivity contribution in [1.82, 2.24) is 15.6 Å². The van der Waals surface area contributed by atoms with E-state index in [-0.39, 0.29) is 41.6 Å². The lowest BCUT2D eigenvalue weighted by Crippen LogP contribution is -2.42. The molecule has 3 N–H and O–H groups in total. The molecule has 6 nitrogen and oxygen atoms in total. The van der Waals surface area contributed by atoms with Crippen molar-refractivity contribution in [3.63, 3.8) is 0 Å². The summed E-state index contributed by atoms with van der Waals surface area (Å²) >= 11 is 0. The first-order valence-electron chi connectivity index (χ1n) is 9.19. The summed E-state index contributed by atoms with van der Waals surface area (Å²) in [4.78, 5) is 8.41. The number of rotatable bonds is 10. The quantitative estimate of drug-likeness (QED) is 0.201. The second kappa shape index (κ2) is 14.0. The van der Waals surface area contributed by atoms with Crippen LogP contribution in [-0.2, 0) is 0 Å². The van der Waals surface area contributed by atoms with Crippen LogP contribution in [0.3, 0.4) is 0 Å². The maximum Gasteiger partial charge on any atom is 0.191 e. The van der Waals surface area contributed by atoms with Gasteiger partial charge >= 0.3 is 0 Å². The lowest BCUT2D eigenvalue weighted by Gasteiger charge is -2.18. The third-order valence-corrected chi connectivity index (χ3v) is 3.81. The monoisotopic (exact) mass is 501 g/mol. The van der Waals surface area contributed by atoms with Crippen LogP contribution < -0.4 is 20.7 Å². The molecule has 0 aliphatic heterocycles. The molecule has 1 aromatic heterocycles. The Bertz CT molecular complexity index is 702. The zero-order valence-electron chi connectivity index (χ0n) is 16.3. The summed E-state index contributed by atoms with van der Waals surface area (Å²) in [6.45, 7) is 4.09. The van der Waals surface area contributed by atoms with E-state index in [0.29, 0.717) is 12.5 Å². The first-order valence-corrected chi connectivity index (χ1v) is 9.19. The maximum absolute atomic E-state index is 13.6. The van der Waals surface area contributed by atoms with E-state index < -0.39 is 0 Å². The van der Waals surface area contributed by atoms with Crippen molar-refractivity contribution in [3.8, 4) is 5.75 Å². The molecule has 0 fully saturated rings. The van der Waals surface area contributed by atoms with Gasteiger partial charge in [0, 0.05) is 26.3 Å². The van der Waals surface area contributed by atoms with Gasteiger partial charge in [0.25, 0.3) is 0 Å². The van der Waals surface area contributed by atoms with Gasteiger partial charge in [0.1, 0.15) is 11.9 Å². The van der Waals surface area contributed by atoms with Crippen LogP contribution >= 0.6 is 24.0 Å². The molecule has 8 heteroatoms. The zero-order chi connectivity index (χ0) is 19.3. The summed E-state index contributed by atoms with van der Waals surface area (Å²) in [5.41, 5.74) is 0. The molecule has 0 radical (unpaired) electrons. The Labute approximate surface area is 183 Å². The average molecular weight is 501 g/mol. The standard InChI is InChI=1S/C20H28FN5O.HI/c1-16(27-18-10-4-3-9-17(18)21)15-26-20(22-2)25-14-8-7-13-24-19-11-5-6-12-23-19;/h3-6,9-12,16H,7-8,13-15H2,1-2H3,(H,23,24)(H2,22,25,26);1H. The second-order valence-corrected chi connectivity index (χ2v) is 6.09. The van der Waals surface area contributed by atoms with Crippen molar-refractivity contribution in [2.24, 2.45) is 4.99 Å². The average Bonchev–Trinajstić information content (AvgIpc) is 2.69. The lowest BCUT2D eigenvalue weighted by molar-refractivity contribution is 0.214. The highest BCUT2D eigenvalue weighted by Gasteiger charge is 2.08. The number of benzene rings is 1. The van der Waals surface area contributed by atoms with Gasteiger partial charge in [-0.1, -0.05) is 18.2 Å². The molecular weight excluding hydrogens is 472 g/mol. The fourth-order valence-electron chi connectivity index (χ4n) is 2.40. The van der Waals surface area contributed by atoms with Crippen LogP contribution in [0.1, 0.15) is 19.8 Å². The number of pyridine rings is 1. The molecule has 0 bridgehead atoms. The number of anilines is 1. The number of para-hydroxylation sites is 1. The molecule has 2 aromatic rings. The number of unbranched alkanes of at least 4 members (excludes halogenated alkanes) is 1. The molecule has 0 saturated heterocycles. The number of nitrogens with one attached hydrogen (secondary N) is 3. The number of aliphatic imine (C=N–C) groups is 1. The molecule has 1 atom stereocenters. The van der Waals surface area contributed by atoms with Gasteiger partial charge in [-0.05, 0) is 44.0 Å². The fraction of sp³-hybridized carbons (Fsp3) is 0.400. The highest BCUT2D eigenvalue weighted by Crippen LogP contribution is 2.16. The normalized spacial score (nSPS) is 11.9. The number of aromatic nitrogens is 1. The Morgan fingerprint density at radius 1 is 1.11 bits per heavy atom. The van der Waals surface area contributed by atoms with Crippen molar-refractivity contribution in [3.05, 3.63) is 54.5 Å². The lowest BCUT2D eigenvalue weighted by atomic mass is 10.3. The van der Waals surface area contributed by atoms with Crippen molar-refractivity contribution >= 4 is 35.8 Å². The molecule has 0 saturated carbocycles. The van der Waals surface area contributed by atoms with E-state index in [4.69, 9.17) is 4.74 Å². The summed E-state index contributed by atoms with van der Waals surface area (Å²) in [7, 11) is 1.72. The molecule has 0 aliphatic carbocycles. The van der Waals surface area contributed by atoms with Gasteiger partial charge in [-0.2, -0.15) is 0 Å². The third-order valence-electron chi connectivity index (χ3n) is 3.81. The molecule has 2 rings (SSSR count). The van der Waals surface area contributed by atoms with Gasteiger partial charge in [0.15, 0.2) is 17.5 Å². The summed E-state index contributed by atoms with van der Waals surface area (Å²) in [5, 5.41) is 9.74. The Hall–Kier alpha value is -2.10. The van der Waals surface area contributed by atoms with E-state index >= 15 is 0 Å². The molecule has 28 heavy (non-hydrogen) atoms. The van der Waals surface area contributed by atoms with Crippen LogP contribution in [0, 0.1) is 5.82 Å². The second-order valence-electron chi connectivity index (χ2n) is 6.09. The van der Waals surface area contributed by atoms with Crippen molar-refractivity contribution < 1.29 is 9.13 Å². The number of ether oxygens (including phenoxy) is 1. The number of hydrogen-bond acceptors (Lipinski definition) is 4. The molecule has 1 heterocycles. The largest absolute Gasteiger partial charge is 0.486 e. The maximum atomic E-state index is 13.6. The van der Waals surface area contributed by atoms with Crippen LogP contribution in [0.15, 0.2) is 53.7 Å². The topological polar surface area (TPSA) is 70.6 Å². The summed E-state index contributed by atoms with van der Waals surface area (Å²) in [5.74, 6) is 1.50. The van der Waals surface area contributed by atoms with Crippen LogP contribution in [0.2, 0.25) is 0 Å². The van der Waals surface area contributed by atoms with E-state index in [9.17, 15) is 4.39 Å². The number of hydrogen-bond donors (Lipinski definition) is 3. The van der Waals surface area contributed by atoms with E-state index in [1.165, 1.54) is 6.07 Å². The highest BCUT2D eigenvalue weighted by molar-refractivity contribution is 14.0.